The molecule has 1 aliphatic heterocycles. The summed E-state index contributed by atoms with van der Waals surface area (Å²) in [6, 6.07) is 16.2. The summed E-state index contributed by atoms with van der Waals surface area (Å²) in [5.41, 5.74) is 3.88. The van der Waals surface area contributed by atoms with Gasteiger partial charge in [-0.25, -0.2) is 9.07 Å². The zero-order valence-corrected chi connectivity index (χ0v) is 18.6. The van der Waals surface area contributed by atoms with E-state index in [1.165, 1.54) is 6.07 Å². The number of carbonyl (C=O) groups is 1. The summed E-state index contributed by atoms with van der Waals surface area (Å²) in [7, 11) is 0. The maximum absolute atomic E-state index is 13.9. The van der Waals surface area contributed by atoms with Gasteiger partial charge in [-0.3, -0.25) is 4.79 Å². The number of piperidine rings is 1. The van der Waals surface area contributed by atoms with Crippen LogP contribution in [0.4, 0.5) is 15.9 Å². The van der Waals surface area contributed by atoms with Gasteiger partial charge in [0.1, 0.15) is 11.3 Å². The zero-order valence-electron chi connectivity index (χ0n) is 18.6. The predicted molar refractivity (Wildman–Crippen MR) is 126 cm³/mol. The van der Waals surface area contributed by atoms with Crippen molar-refractivity contribution in [2.75, 3.05) is 23.3 Å². The molecule has 0 spiro atoms. The molecular weight excluding hydrogens is 419 g/mol. The fraction of sp³-hybridized carbons (Fsp3) is 0.280. The zero-order chi connectivity index (χ0) is 22.9. The number of anilines is 2. The normalized spacial score (nSPS) is 14.6. The fourth-order valence-corrected chi connectivity index (χ4v) is 4.50. The van der Waals surface area contributed by atoms with Crippen LogP contribution in [0.5, 0.6) is 0 Å². The molecule has 8 heteroatoms. The van der Waals surface area contributed by atoms with Crippen LogP contribution in [-0.2, 0) is 4.79 Å². The molecule has 0 saturated carbocycles. The third-order valence-corrected chi connectivity index (χ3v) is 6.28. The fourth-order valence-electron chi connectivity index (χ4n) is 4.50. The number of halogens is 1. The van der Waals surface area contributed by atoms with E-state index in [2.05, 4.69) is 20.4 Å². The average molecular weight is 445 g/mol. The number of aromatic nitrogens is 4. The summed E-state index contributed by atoms with van der Waals surface area (Å²) < 4.78 is 15.8. The molecule has 2 aromatic heterocycles. The Kier molecular flexibility index (Phi) is 5.50. The Labute approximate surface area is 191 Å². The monoisotopic (exact) mass is 444 g/mol. The second-order valence-corrected chi connectivity index (χ2v) is 8.40. The lowest BCUT2D eigenvalue weighted by Gasteiger charge is -2.32. The minimum Gasteiger partial charge on any atom is -0.353 e. The summed E-state index contributed by atoms with van der Waals surface area (Å²) >= 11 is 0. The topological polar surface area (TPSA) is 75.9 Å². The van der Waals surface area contributed by atoms with Gasteiger partial charge in [0, 0.05) is 19.0 Å². The summed E-state index contributed by atoms with van der Waals surface area (Å²) in [6.45, 7) is 5.29. The van der Waals surface area contributed by atoms with Gasteiger partial charge in [-0.15, -0.1) is 5.10 Å². The molecule has 0 atom stereocenters. The van der Waals surface area contributed by atoms with Crippen LogP contribution >= 0.6 is 0 Å². The van der Waals surface area contributed by atoms with E-state index in [-0.39, 0.29) is 17.5 Å². The van der Waals surface area contributed by atoms with Crippen LogP contribution in [0.15, 0.2) is 54.6 Å². The van der Waals surface area contributed by atoms with E-state index in [0.717, 1.165) is 33.8 Å². The predicted octanol–water partition coefficient (Wildman–Crippen LogP) is 4.43. The van der Waals surface area contributed by atoms with Crippen molar-refractivity contribution in [1.82, 2.24) is 20.0 Å². The van der Waals surface area contributed by atoms with Crippen LogP contribution in [-0.4, -0.2) is 39.0 Å². The molecule has 7 nitrogen and oxygen atoms in total. The lowest BCUT2D eigenvalue weighted by Crippen LogP contribution is -2.39. The Morgan fingerprint density at radius 3 is 2.42 bits per heavy atom. The number of aryl methyl sites for hydroxylation is 2. The Balaban J connectivity index is 1.37. The number of nitrogens with one attached hydrogen (secondary N) is 1. The first-order valence-corrected chi connectivity index (χ1v) is 11.1. The first kappa shape index (κ1) is 21.1. The molecule has 0 aliphatic carbocycles. The highest BCUT2D eigenvalue weighted by Gasteiger charge is 2.28. The summed E-state index contributed by atoms with van der Waals surface area (Å²) in [6.07, 6.45) is 1.30. The maximum Gasteiger partial charge on any atom is 0.227 e. The van der Waals surface area contributed by atoms with Gasteiger partial charge in [0.2, 0.25) is 5.91 Å². The average Bonchev–Trinajstić information content (AvgIpc) is 3.19. The Hall–Kier alpha value is -3.81. The highest BCUT2D eigenvalue weighted by Crippen LogP contribution is 2.31. The third kappa shape index (κ3) is 3.92. The number of hydrogen-bond donors (Lipinski definition) is 1. The quantitative estimate of drug-likeness (QED) is 0.504. The lowest BCUT2D eigenvalue weighted by atomic mass is 9.95. The molecule has 168 valence electrons. The molecule has 0 unspecified atom stereocenters. The van der Waals surface area contributed by atoms with E-state index in [4.69, 9.17) is 5.10 Å². The Morgan fingerprint density at radius 2 is 1.70 bits per heavy atom. The van der Waals surface area contributed by atoms with Crippen LogP contribution in [0, 0.1) is 25.6 Å². The molecule has 2 aromatic carbocycles. The molecule has 0 bridgehead atoms. The maximum atomic E-state index is 13.9. The number of fused-ring (bicyclic) bond motifs is 1. The van der Waals surface area contributed by atoms with Crippen molar-refractivity contribution in [2.45, 2.75) is 26.7 Å². The molecule has 1 fully saturated rings. The van der Waals surface area contributed by atoms with Crippen molar-refractivity contribution in [3.63, 3.8) is 0 Å². The summed E-state index contributed by atoms with van der Waals surface area (Å²) in [4.78, 5) is 14.8. The van der Waals surface area contributed by atoms with Crippen LogP contribution in [0.2, 0.25) is 0 Å². The van der Waals surface area contributed by atoms with Crippen LogP contribution < -0.4 is 10.2 Å². The third-order valence-electron chi connectivity index (χ3n) is 6.28. The first-order valence-electron chi connectivity index (χ1n) is 11.1. The molecule has 33 heavy (non-hydrogen) atoms. The molecule has 4 aromatic rings. The number of amides is 1. The van der Waals surface area contributed by atoms with Crippen molar-refractivity contribution in [3.05, 3.63) is 71.8 Å². The Bertz CT molecular complexity index is 1310. The van der Waals surface area contributed by atoms with E-state index in [1.807, 2.05) is 48.9 Å². The molecule has 1 aliphatic rings. The minimum atomic E-state index is -0.426. The highest BCUT2D eigenvalue weighted by molar-refractivity contribution is 5.94. The number of benzene rings is 2. The van der Waals surface area contributed by atoms with Crippen molar-refractivity contribution >= 4 is 28.3 Å². The largest absolute Gasteiger partial charge is 0.353 e. The molecular formula is C25H25FN6O. The number of hydrogen-bond acceptors (Lipinski definition) is 5. The van der Waals surface area contributed by atoms with Gasteiger partial charge in [0.25, 0.3) is 0 Å². The molecule has 1 saturated heterocycles. The van der Waals surface area contributed by atoms with Gasteiger partial charge < -0.3 is 10.2 Å². The second kappa shape index (κ2) is 8.61. The van der Waals surface area contributed by atoms with Gasteiger partial charge in [-0.2, -0.15) is 10.2 Å². The number of carbonyl (C=O) groups excluding carboxylic acids is 1. The van der Waals surface area contributed by atoms with Crippen molar-refractivity contribution in [3.8, 4) is 5.69 Å². The molecule has 1 amide bonds. The van der Waals surface area contributed by atoms with Gasteiger partial charge >= 0.3 is 0 Å². The van der Waals surface area contributed by atoms with E-state index in [0.29, 0.717) is 25.9 Å². The van der Waals surface area contributed by atoms with Crippen molar-refractivity contribution in [2.24, 2.45) is 5.92 Å². The second-order valence-electron chi connectivity index (χ2n) is 8.40. The van der Waals surface area contributed by atoms with Crippen LogP contribution in [0.3, 0.4) is 0 Å². The van der Waals surface area contributed by atoms with Crippen molar-refractivity contribution < 1.29 is 9.18 Å². The standard InChI is InChI=1S/C25H25FN6O/c1-16-22-17(2)32(19-8-4-3-5-9-19)30-23(22)24(29-28-16)31-14-12-18(13-15-31)25(33)27-21-11-7-6-10-20(21)26/h3-11,18H,12-15H2,1-2H3,(H,27,33). The van der Waals surface area contributed by atoms with Gasteiger partial charge in [-0.05, 0) is 51.0 Å². The number of rotatable bonds is 4. The number of nitrogens with zero attached hydrogens (tertiary/aromatic N) is 5. The SMILES string of the molecule is Cc1nnc(N2CCC(C(=O)Nc3ccccc3F)CC2)c2nn(-c3ccccc3)c(C)c12. The lowest BCUT2D eigenvalue weighted by molar-refractivity contribution is -0.120. The van der Waals surface area contributed by atoms with Crippen LogP contribution in [0.25, 0.3) is 16.6 Å². The van der Waals surface area contributed by atoms with E-state index in [1.54, 1.807) is 18.2 Å². The molecule has 5 rings (SSSR count). The van der Waals surface area contributed by atoms with Gasteiger partial charge in [0.15, 0.2) is 5.82 Å². The van der Waals surface area contributed by atoms with E-state index >= 15 is 0 Å². The molecule has 3 heterocycles. The number of para-hydroxylation sites is 2. The van der Waals surface area contributed by atoms with Crippen molar-refractivity contribution in [1.29, 1.82) is 0 Å². The van der Waals surface area contributed by atoms with E-state index in [9.17, 15) is 9.18 Å². The minimum absolute atomic E-state index is 0.149. The summed E-state index contributed by atoms with van der Waals surface area (Å²) in [5, 5.41) is 17.5. The smallest absolute Gasteiger partial charge is 0.227 e. The first-order chi connectivity index (χ1) is 16.0. The van der Waals surface area contributed by atoms with Gasteiger partial charge in [-0.1, -0.05) is 30.3 Å². The van der Waals surface area contributed by atoms with Crippen LogP contribution in [0.1, 0.15) is 24.2 Å². The Morgan fingerprint density at radius 1 is 1.00 bits per heavy atom. The molecule has 0 radical (unpaired) electrons. The summed E-state index contributed by atoms with van der Waals surface area (Å²) in [5.74, 6) is -0.0197. The highest BCUT2D eigenvalue weighted by atomic mass is 19.1. The molecule has 1 N–H and O–H groups in total. The van der Waals surface area contributed by atoms with Gasteiger partial charge in [0.05, 0.1) is 28.1 Å². The van der Waals surface area contributed by atoms with E-state index < -0.39 is 5.82 Å².